The van der Waals surface area contributed by atoms with Crippen molar-refractivity contribution in [1.82, 2.24) is 5.32 Å². The largest absolute Gasteiger partial charge is 0.416 e. The van der Waals surface area contributed by atoms with E-state index in [1.807, 2.05) is 6.92 Å². The van der Waals surface area contributed by atoms with Crippen LogP contribution in [0.1, 0.15) is 25.3 Å². The van der Waals surface area contributed by atoms with E-state index in [1.165, 1.54) is 12.1 Å². The number of alkyl halides is 3. The Bertz CT molecular complexity index is 543. The van der Waals surface area contributed by atoms with E-state index in [4.69, 9.17) is 0 Å². The number of urea groups is 1. The van der Waals surface area contributed by atoms with Crippen molar-refractivity contribution in [3.05, 3.63) is 29.8 Å². The third-order valence-electron chi connectivity index (χ3n) is 3.03. The summed E-state index contributed by atoms with van der Waals surface area (Å²) in [6, 6.07) is 2.82. The number of nitrogens with one attached hydrogen (secondary N) is 1. The average molecular weight is 286 g/mol. The number of halogens is 3. The van der Waals surface area contributed by atoms with Gasteiger partial charge in [0.15, 0.2) is 0 Å². The molecule has 1 N–H and O–H groups in total. The summed E-state index contributed by atoms with van der Waals surface area (Å²) in [4.78, 5) is 24.5. The molecule has 4 nitrogen and oxygen atoms in total. The van der Waals surface area contributed by atoms with E-state index < -0.39 is 29.7 Å². The van der Waals surface area contributed by atoms with Gasteiger partial charge in [-0.3, -0.25) is 4.79 Å². The number of hydrogen-bond donors (Lipinski definition) is 1. The van der Waals surface area contributed by atoms with E-state index in [0.29, 0.717) is 12.8 Å². The molecule has 3 amide bonds. The van der Waals surface area contributed by atoms with Gasteiger partial charge in [-0.2, -0.15) is 13.2 Å². The Hall–Kier alpha value is -2.05. The number of imide groups is 1. The second kappa shape index (κ2) is 5.15. The van der Waals surface area contributed by atoms with Crippen molar-refractivity contribution in [1.29, 1.82) is 0 Å². The fraction of sp³-hybridized carbons (Fsp3) is 0.385. The van der Waals surface area contributed by atoms with Gasteiger partial charge in [0, 0.05) is 0 Å². The Labute approximate surface area is 113 Å². The lowest BCUT2D eigenvalue weighted by Gasteiger charge is -2.15. The molecule has 1 fully saturated rings. The Morgan fingerprint density at radius 3 is 2.60 bits per heavy atom. The standard InChI is InChI=1S/C13H13F3N2O2/c1-2-4-10-11(19)18(12(20)17-10)9-6-3-5-8(7-9)13(14,15)16/h3,5-7,10H,2,4H2,1H3,(H,17,20). The predicted molar refractivity (Wildman–Crippen MR) is 66.2 cm³/mol. The summed E-state index contributed by atoms with van der Waals surface area (Å²) in [5, 5.41) is 2.47. The normalized spacial score (nSPS) is 19.4. The van der Waals surface area contributed by atoms with Crippen LogP contribution in [0.2, 0.25) is 0 Å². The van der Waals surface area contributed by atoms with Gasteiger partial charge in [-0.25, -0.2) is 9.69 Å². The number of hydrogen-bond acceptors (Lipinski definition) is 2. The van der Waals surface area contributed by atoms with E-state index >= 15 is 0 Å². The van der Waals surface area contributed by atoms with Crippen LogP contribution in [0.5, 0.6) is 0 Å². The van der Waals surface area contributed by atoms with Crippen molar-refractivity contribution in [2.75, 3.05) is 4.90 Å². The minimum Gasteiger partial charge on any atom is -0.325 e. The van der Waals surface area contributed by atoms with Crippen LogP contribution in [-0.2, 0) is 11.0 Å². The highest BCUT2D eigenvalue weighted by Crippen LogP contribution is 2.32. The van der Waals surface area contributed by atoms with Crippen molar-refractivity contribution in [2.45, 2.75) is 32.0 Å². The van der Waals surface area contributed by atoms with Gasteiger partial charge < -0.3 is 5.32 Å². The Balaban J connectivity index is 2.32. The van der Waals surface area contributed by atoms with E-state index in [1.54, 1.807) is 0 Å². The molecule has 0 bridgehead atoms. The van der Waals surface area contributed by atoms with Crippen LogP contribution in [0.25, 0.3) is 0 Å². The van der Waals surface area contributed by atoms with Crippen LogP contribution in [0.3, 0.4) is 0 Å². The van der Waals surface area contributed by atoms with Crippen molar-refractivity contribution >= 4 is 17.6 Å². The van der Waals surface area contributed by atoms with Crippen LogP contribution in [0, 0.1) is 0 Å². The fourth-order valence-electron chi connectivity index (χ4n) is 2.08. The molecule has 1 aliphatic heterocycles. The van der Waals surface area contributed by atoms with E-state index in [9.17, 15) is 22.8 Å². The highest BCUT2D eigenvalue weighted by Gasteiger charge is 2.39. The smallest absolute Gasteiger partial charge is 0.325 e. The van der Waals surface area contributed by atoms with Crippen molar-refractivity contribution < 1.29 is 22.8 Å². The molecule has 1 atom stereocenters. The monoisotopic (exact) mass is 286 g/mol. The Kier molecular flexibility index (Phi) is 3.69. The van der Waals surface area contributed by atoms with Gasteiger partial charge in [0.1, 0.15) is 6.04 Å². The second-order valence-corrected chi connectivity index (χ2v) is 4.51. The maximum atomic E-state index is 12.6. The molecule has 0 aromatic heterocycles. The molecule has 1 aromatic carbocycles. The van der Waals surface area contributed by atoms with Crippen molar-refractivity contribution in [3.63, 3.8) is 0 Å². The highest BCUT2D eigenvalue weighted by molar-refractivity contribution is 6.21. The lowest BCUT2D eigenvalue weighted by molar-refractivity contribution is -0.137. The molecule has 7 heteroatoms. The zero-order chi connectivity index (χ0) is 14.9. The van der Waals surface area contributed by atoms with Crippen LogP contribution in [0.4, 0.5) is 23.7 Å². The molecule has 1 aromatic rings. The molecule has 0 saturated carbocycles. The van der Waals surface area contributed by atoms with Gasteiger partial charge in [-0.05, 0) is 24.6 Å². The van der Waals surface area contributed by atoms with Gasteiger partial charge in [0.2, 0.25) is 0 Å². The number of amides is 3. The van der Waals surface area contributed by atoms with Crippen LogP contribution in [0.15, 0.2) is 24.3 Å². The third-order valence-corrected chi connectivity index (χ3v) is 3.03. The number of anilines is 1. The first kappa shape index (κ1) is 14.4. The highest BCUT2D eigenvalue weighted by atomic mass is 19.4. The maximum Gasteiger partial charge on any atom is 0.416 e. The first-order valence-corrected chi connectivity index (χ1v) is 6.16. The molecule has 1 heterocycles. The quantitative estimate of drug-likeness (QED) is 0.868. The molecule has 1 saturated heterocycles. The molecule has 0 radical (unpaired) electrons. The van der Waals surface area contributed by atoms with Gasteiger partial charge in [-0.1, -0.05) is 19.4 Å². The molecule has 2 rings (SSSR count). The lowest BCUT2D eigenvalue weighted by Crippen LogP contribution is -2.31. The Morgan fingerprint density at radius 2 is 2.00 bits per heavy atom. The molecule has 1 aliphatic rings. The van der Waals surface area contributed by atoms with Gasteiger partial charge >= 0.3 is 12.2 Å². The predicted octanol–water partition coefficient (Wildman–Crippen LogP) is 2.93. The zero-order valence-corrected chi connectivity index (χ0v) is 10.7. The summed E-state index contributed by atoms with van der Waals surface area (Å²) >= 11 is 0. The minimum absolute atomic E-state index is 0.0686. The molecular formula is C13H13F3N2O2. The van der Waals surface area contributed by atoms with Gasteiger partial charge in [0.05, 0.1) is 11.3 Å². The number of rotatable bonds is 3. The van der Waals surface area contributed by atoms with Crippen LogP contribution in [-0.4, -0.2) is 18.0 Å². The van der Waals surface area contributed by atoms with Crippen molar-refractivity contribution in [2.24, 2.45) is 0 Å². The molecule has 0 aliphatic carbocycles. The number of nitrogens with zero attached hydrogens (tertiary/aromatic N) is 1. The minimum atomic E-state index is -4.52. The zero-order valence-electron chi connectivity index (χ0n) is 10.7. The van der Waals surface area contributed by atoms with Gasteiger partial charge in [-0.15, -0.1) is 0 Å². The SMILES string of the molecule is CCCC1NC(=O)N(c2cccc(C(F)(F)F)c2)C1=O. The second-order valence-electron chi connectivity index (χ2n) is 4.51. The molecule has 0 spiro atoms. The first-order valence-electron chi connectivity index (χ1n) is 6.16. The van der Waals surface area contributed by atoms with E-state index in [-0.39, 0.29) is 5.69 Å². The first-order chi connectivity index (χ1) is 9.34. The fourth-order valence-corrected chi connectivity index (χ4v) is 2.08. The molecule has 1 unspecified atom stereocenters. The summed E-state index contributed by atoms with van der Waals surface area (Å²) in [7, 11) is 0. The molecule has 20 heavy (non-hydrogen) atoms. The number of carbonyl (C=O) groups excluding carboxylic acids is 2. The van der Waals surface area contributed by atoms with Gasteiger partial charge in [0.25, 0.3) is 5.91 Å². The average Bonchev–Trinajstić information content (AvgIpc) is 2.64. The molecular weight excluding hydrogens is 273 g/mol. The number of benzene rings is 1. The van der Waals surface area contributed by atoms with Crippen molar-refractivity contribution in [3.8, 4) is 0 Å². The maximum absolute atomic E-state index is 12.6. The summed E-state index contributed by atoms with van der Waals surface area (Å²) in [5.74, 6) is -0.517. The third kappa shape index (κ3) is 2.61. The summed E-state index contributed by atoms with van der Waals surface area (Å²) in [6.45, 7) is 1.85. The lowest BCUT2D eigenvalue weighted by atomic mass is 10.1. The summed E-state index contributed by atoms with van der Waals surface area (Å²) in [5.41, 5.74) is -0.963. The topological polar surface area (TPSA) is 49.4 Å². The summed E-state index contributed by atoms with van der Waals surface area (Å²) < 4.78 is 37.9. The Morgan fingerprint density at radius 1 is 1.30 bits per heavy atom. The summed E-state index contributed by atoms with van der Waals surface area (Å²) in [6.07, 6.45) is -3.37. The van der Waals surface area contributed by atoms with E-state index in [2.05, 4.69) is 5.32 Å². The molecule has 108 valence electrons. The number of carbonyl (C=O) groups is 2. The van der Waals surface area contributed by atoms with E-state index in [0.717, 1.165) is 17.0 Å². The van der Waals surface area contributed by atoms with Crippen LogP contribution < -0.4 is 10.2 Å². The van der Waals surface area contributed by atoms with Crippen LogP contribution >= 0.6 is 0 Å².